The van der Waals surface area contributed by atoms with Gasteiger partial charge in [0, 0.05) is 49.4 Å². The maximum atomic E-state index is 12.2. The molecule has 0 radical (unpaired) electrons. The van der Waals surface area contributed by atoms with Gasteiger partial charge in [0.2, 0.25) is 5.91 Å². The molecule has 0 unspecified atom stereocenters. The van der Waals surface area contributed by atoms with Crippen molar-refractivity contribution in [3.63, 3.8) is 0 Å². The molecule has 0 bridgehead atoms. The van der Waals surface area contributed by atoms with E-state index in [-0.39, 0.29) is 18.4 Å². The lowest BCUT2D eigenvalue weighted by Gasteiger charge is -2.09. The van der Waals surface area contributed by atoms with E-state index in [1.54, 1.807) is 26.2 Å². The van der Waals surface area contributed by atoms with Gasteiger partial charge in [-0.25, -0.2) is 0 Å². The monoisotopic (exact) mass is 373 g/mol. The molecule has 0 spiro atoms. The fourth-order valence-electron chi connectivity index (χ4n) is 3.05. The SMILES string of the molecule is CN(C)C(=O)c1ccc(C#CCNC(=O)Cc2cn(C)c3ccccc23)cc1. The number of rotatable bonds is 4. The molecule has 0 fully saturated rings. The lowest BCUT2D eigenvalue weighted by molar-refractivity contribution is -0.120. The van der Waals surface area contributed by atoms with E-state index in [9.17, 15) is 9.59 Å². The fourth-order valence-corrected chi connectivity index (χ4v) is 3.05. The summed E-state index contributed by atoms with van der Waals surface area (Å²) < 4.78 is 2.03. The molecular formula is C23H23N3O2. The Hall–Kier alpha value is -3.52. The first-order valence-corrected chi connectivity index (χ1v) is 9.06. The Morgan fingerprint density at radius 2 is 1.79 bits per heavy atom. The second kappa shape index (κ2) is 8.45. The summed E-state index contributed by atoms with van der Waals surface area (Å²) in [5.74, 6) is 5.85. The van der Waals surface area contributed by atoms with Crippen LogP contribution in [0.4, 0.5) is 0 Å². The number of amides is 2. The molecule has 1 aromatic heterocycles. The number of benzene rings is 2. The van der Waals surface area contributed by atoms with Gasteiger partial charge in [-0.3, -0.25) is 9.59 Å². The summed E-state index contributed by atoms with van der Waals surface area (Å²) >= 11 is 0. The normalized spacial score (nSPS) is 10.2. The highest BCUT2D eigenvalue weighted by atomic mass is 16.2. The minimum absolute atomic E-state index is 0.0415. The highest BCUT2D eigenvalue weighted by molar-refractivity contribution is 5.94. The molecule has 0 aliphatic rings. The quantitative estimate of drug-likeness (QED) is 0.715. The third-order valence-corrected chi connectivity index (χ3v) is 4.48. The van der Waals surface area contributed by atoms with Gasteiger partial charge in [0.25, 0.3) is 5.91 Å². The molecule has 142 valence electrons. The lowest BCUT2D eigenvalue weighted by Crippen LogP contribution is -2.25. The van der Waals surface area contributed by atoms with Crippen molar-refractivity contribution in [2.45, 2.75) is 6.42 Å². The average molecular weight is 373 g/mol. The average Bonchev–Trinajstić information content (AvgIpc) is 3.01. The minimum Gasteiger partial charge on any atom is -0.350 e. The van der Waals surface area contributed by atoms with Gasteiger partial charge in [-0.1, -0.05) is 30.0 Å². The molecule has 0 saturated carbocycles. The Labute approximate surface area is 165 Å². The molecule has 1 heterocycles. The maximum absolute atomic E-state index is 12.2. The van der Waals surface area contributed by atoms with E-state index in [2.05, 4.69) is 17.2 Å². The number of nitrogens with one attached hydrogen (secondary N) is 1. The lowest BCUT2D eigenvalue weighted by atomic mass is 10.1. The molecule has 3 rings (SSSR count). The molecule has 5 nitrogen and oxygen atoms in total. The summed E-state index contributed by atoms with van der Waals surface area (Å²) in [6.45, 7) is 0.280. The molecule has 0 atom stereocenters. The Morgan fingerprint density at radius 1 is 1.07 bits per heavy atom. The van der Waals surface area contributed by atoms with E-state index in [0.717, 1.165) is 22.0 Å². The van der Waals surface area contributed by atoms with Crippen molar-refractivity contribution in [2.24, 2.45) is 7.05 Å². The second-order valence-electron chi connectivity index (χ2n) is 6.81. The number of carbonyl (C=O) groups is 2. The molecule has 5 heteroatoms. The Kier molecular flexibility index (Phi) is 5.81. The summed E-state index contributed by atoms with van der Waals surface area (Å²) in [7, 11) is 5.42. The van der Waals surface area contributed by atoms with Gasteiger partial charge < -0.3 is 14.8 Å². The largest absolute Gasteiger partial charge is 0.350 e. The van der Waals surface area contributed by atoms with Crippen molar-refractivity contribution in [3.8, 4) is 11.8 Å². The molecule has 1 N–H and O–H groups in total. The number of aryl methyl sites for hydroxylation is 1. The van der Waals surface area contributed by atoms with Crippen molar-refractivity contribution >= 4 is 22.7 Å². The van der Waals surface area contributed by atoms with Crippen LogP contribution in [0.2, 0.25) is 0 Å². The smallest absolute Gasteiger partial charge is 0.253 e. The number of fused-ring (bicyclic) bond motifs is 1. The van der Waals surface area contributed by atoms with Gasteiger partial charge in [-0.15, -0.1) is 0 Å². The van der Waals surface area contributed by atoms with Gasteiger partial charge in [0.1, 0.15) is 0 Å². The van der Waals surface area contributed by atoms with Gasteiger partial charge >= 0.3 is 0 Å². The highest BCUT2D eigenvalue weighted by Gasteiger charge is 2.09. The zero-order valence-corrected chi connectivity index (χ0v) is 16.3. The van der Waals surface area contributed by atoms with E-state index in [1.165, 1.54) is 4.90 Å². The number of para-hydroxylation sites is 1. The minimum atomic E-state index is -0.0578. The first-order valence-electron chi connectivity index (χ1n) is 9.06. The van der Waals surface area contributed by atoms with Crippen LogP contribution in [-0.4, -0.2) is 41.9 Å². The molecule has 2 aromatic carbocycles. The fraction of sp³-hybridized carbons (Fsp3) is 0.217. The molecule has 0 aliphatic carbocycles. The number of carbonyl (C=O) groups excluding carboxylic acids is 2. The standard InChI is InChI=1S/C23H23N3O2/c1-25(2)23(28)18-12-10-17(11-13-18)7-6-14-24-22(27)15-19-16-26(3)21-9-5-4-8-20(19)21/h4-5,8-13,16H,14-15H2,1-3H3,(H,24,27). The van der Waals surface area contributed by atoms with E-state index >= 15 is 0 Å². The van der Waals surface area contributed by atoms with E-state index < -0.39 is 0 Å². The van der Waals surface area contributed by atoms with Crippen LogP contribution in [0.25, 0.3) is 10.9 Å². The molecule has 28 heavy (non-hydrogen) atoms. The summed E-state index contributed by atoms with van der Waals surface area (Å²) in [5.41, 5.74) is 3.54. The number of hydrogen-bond acceptors (Lipinski definition) is 2. The van der Waals surface area contributed by atoms with Gasteiger partial charge in [-0.05, 0) is 35.9 Å². The second-order valence-corrected chi connectivity index (χ2v) is 6.81. The summed E-state index contributed by atoms with van der Waals surface area (Å²) in [6.07, 6.45) is 2.32. The van der Waals surface area contributed by atoms with E-state index in [0.29, 0.717) is 12.0 Å². The Bertz CT molecular complexity index is 1070. The Balaban J connectivity index is 1.55. The molecule has 0 aliphatic heterocycles. The number of nitrogens with zero attached hydrogens (tertiary/aromatic N) is 2. The summed E-state index contributed by atoms with van der Waals surface area (Å²) in [6, 6.07) is 15.2. The van der Waals surface area contributed by atoms with Gasteiger partial charge in [0.05, 0.1) is 13.0 Å². The van der Waals surface area contributed by atoms with Crippen molar-refractivity contribution in [3.05, 3.63) is 71.4 Å². The third-order valence-electron chi connectivity index (χ3n) is 4.48. The summed E-state index contributed by atoms with van der Waals surface area (Å²) in [5, 5.41) is 3.93. The Morgan fingerprint density at radius 3 is 2.50 bits per heavy atom. The number of aromatic nitrogens is 1. The van der Waals surface area contributed by atoms with Crippen LogP contribution < -0.4 is 5.32 Å². The van der Waals surface area contributed by atoms with Crippen LogP contribution in [0.5, 0.6) is 0 Å². The zero-order chi connectivity index (χ0) is 20.1. The van der Waals surface area contributed by atoms with Crippen LogP contribution >= 0.6 is 0 Å². The predicted molar refractivity (Wildman–Crippen MR) is 111 cm³/mol. The van der Waals surface area contributed by atoms with Crippen LogP contribution in [0, 0.1) is 11.8 Å². The van der Waals surface area contributed by atoms with Crippen LogP contribution in [-0.2, 0) is 18.3 Å². The highest BCUT2D eigenvalue weighted by Crippen LogP contribution is 2.20. The van der Waals surface area contributed by atoms with Gasteiger partial charge in [-0.2, -0.15) is 0 Å². The molecule has 3 aromatic rings. The van der Waals surface area contributed by atoms with Crippen molar-refractivity contribution < 1.29 is 9.59 Å². The zero-order valence-electron chi connectivity index (χ0n) is 16.3. The van der Waals surface area contributed by atoms with Crippen LogP contribution in [0.15, 0.2) is 54.7 Å². The van der Waals surface area contributed by atoms with Gasteiger partial charge in [0.15, 0.2) is 0 Å². The van der Waals surface area contributed by atoms with Crippen LogP contribution in [0.3, 0.4) is 0 Å². The van der Waals surface area contributed by atoms with Crippen molar-refractivity contribution in [2.75, 3.05) is 20.6 Å². The maximum Gasteiger partial charge on any atom is 0.253 e. The van der Waals surface area contributed by atoms with Crippen molar-refractivity contribution in [1.29, 1.82) is 0 Å². The number of hydrogen-bond donors (Lipinski definition) is 1. The van der Waals surface area contributed by atoms with Crippen molar-refractivity contribution in [1.82, 2.24) is 14.8 Å². The van der Waals surface area contributed by atoms with E-state index in [4.69, 9.17) is 0 Å². The molecule has 2 amide bonds. The molecule has 0 saturated heterocycles. The molecular weight excluding hydrogens is 350 g/mol. The predicted octanol–water partition coefficient (Wildman–Crippen LogP) is 2.59. The topological polar surface area (TPSA) is 54.3 Å². The first kappa shape index (κ1) is 19.2. The third kappa shape index (κ3) is 4.41. The summed E-state index contributed by atoms with van der Waals surface area (Å²) in [4.78, 5) is 25.6. The van der Waals surface area contributed by atoms with Crippen LogP contribution in [0.1, 0.15) is 21.5 Å². The first-order chi connectivity index (χ1) is 13.5. The van der Waals surface area contributed by atoms with E-state index in [1.807, 2.05) is 54.2 Å².